The number of carbonyl (C=O) groups is 1. The highest BCUT2D eigenvalue weighted by Gasteiger charge is 2.27. The Morgan fingerprint density at radius 2 is 1.77 bits per heavy atom. The van der Waals surface area contributed by atoms with Crippen molar-refractivity contribution >= 4 is 16.0 Å². The van der Waals surface area contributed by atoms with Crippen molar-refractivity contribution in [2.75, 3.05) is 13.7 Å². The smallest absolute Gasteiger partial charge is 0.296 e. The van der Waals surface area contributed by atoms with Gasteiger partial charge in [-0.1, -0.05) is 17.7 Å². The maximum Gasteiger partial charge on any atom is 0.296 e. The minimum absolute atomic E-state index is 0.0509. The molecule has 1 N–H and O–H groups in total. The molecule has 0 bridgehead atoms. The molecule has 1 aliphatic carbocycles. The van der Waals surface area contributed by atoms with E-state index in [0.717, 1.165) is 31.2 Å². The van der Waals surface area contributed by atoms with E-state index >= 15 is 0 Å². The fraction of sp³-hybridized carbons (Fsp3) is 0.562. The van der Waals surface area contributed by atoms with Crippen molar-refractivity contribution in [2.24, 2.45) is 11.8 Å². The van der Waals surface area contributed by atoms with Gasteiger partial charge in [0.1, 0.15) is 0 Å². The summed E-state index contributed by atoms with van der Waals surface area (Å²) in [7, 11) is -2.05. The van der Waals surface area contributed by atoms with Gasteiger partial charge in [0.15, 0.2) is 0 Å². The molecule has 0 spiro atoms. The van der Waals surface area contributed by atoms with Crippen molar-refractivity contribution in [1.29, 1.82) is 0 Å². The van der Waals surface area contributed by atoms with Gasteiger partial charge in [-0.05, 0) is 50.7 Å². The van der Waals surface area contributed by atoms with Crippen LogP contribution in [0.4, 0.5) is 0 Å². The van der Waals surface area contributed by atoms with Crippen molar-refractivity contribution in [2.45, 2.75) is 37.5 Å². The number of hydrogen-bond acceptors (Lipinski definition) is 4. The van der Waals surface area contributed by atoms with Crippen LogP contribution in [0.3, 0.4) is 0 Å². The van der Waals surface area contributed by atoms with Gasteiger partial charge in [-0.2, -0.15) is 8.42 Å². The number of benzene rings is 1. The molecule has 0 aromatic heterocycles. The quantitative estimate of drug-likeness (QED) is 0.843. The Labute approximate surface area is 132 Å². The molecule has 0 aliphatic heterocycles. The van der Waals surface area contributed by atoms with Crippen molar-refractivity contribution in [3.63, 3.8) is 0 Å². The third-order valence-electron chi connectivity index (χ3n) is 4.23. The lowest BCUT2D eigenvalue weighted by Gasteiger charge is -2.26. The van der Waals surface area contributed by atoms with E-state index < -0.39 is 10.1 Å². The standard InChI is InChI=1S/C16H23NO4S/c1-12-3-9-15(10-4-12)22(19,20)21-11-13-5-7-14(8-6-13)16(18)17-2/h3-4,9-10,13-14H,5-8,11H2,1-2H3,(H,17,18). The van der Waals surface area contributed by atoms with Crippen molar-refractivity contribution in [3.8, 4) is 0 Å². The Morgan fingerprint density at radius 3 is 2.32 bits per heavy atom. The molecule has 22 heavy (non-hydrogen) atoms. The highest BCUT2D eigenvalue weighted by atomic mass is 32.2. The lowest BCUT2D eigenvalue weighted by Crippen LogP contribution is -2.31. The number of rotatable bonds is 5. The number of amides is 1. The van der Waals surface area contributed by atoms with Crippen LogP contribution >= 0.6 is 0 Å². The highest BCUT2D eigenvalue weighted by Crippen LogP contribution is 2.29. The Balaban J connectivity index is 1.86. The molecular weight excluding hydrogens is 302 g/mol. The number of aryl methyl sites for hydroxylation is 1. The van der Waals surface area contributed by atoms with Crippen LogP contribution < -0.4 is 5.32 Å². The number of carbonyl (C=O) groups excluding carboxylic acids is 1. The van der Waals surface area contributed by atoms with Crippen molar-refractivity contribution in [3.05, 3.63) is 29.8 Å². The monoisotopic (exact) mass is 325 g/mol. The molecule has 1 fully saturated rings. The SMILES string of the molecule is CNC(=O)C1CCC(COS(=O)(=O)c2ccc(C)cc2)CC1. The van der Waals surface area contributed by atoms with Crippen LogP contribution in [0.5, 0.6) is 0 Å². The van der Waals surface area contributed by atoms with Crippen LogP contribution in [0.2, 0.25) is 0 Å². The van der Waals surface area contributed by atoms with E-state index in [-0.39, 0.29) is 29.2 Å². The number of hydrogen-bond donors (Lipinski definition) is 1. The normalized spacial score (nSPS) is 22.3. The van der Waals surface area contributed by atoms with Gasteiger partial charge in [0.05, 0.1) is 11.5 Å². The maximum absolute atomic E-state index is 12.1. The second-order valence-corrected chi connectivity index (χ2v) is 7.50. The summed E-state index contributed by atoms with van der Waals surface area (Å²) in [4.78, 5) is 11.8. The largest absolute Gasteiger partial charge is 0.359 e. The fourth-order valence-electron chi connectivity index (χ4n) is 2.75. The van der Waals surface area contributed by atoms with Crippen molar-refractivity contribution < 1.29 is 17.4 Å². The summed E-state index contributed by atoms with van der Waals surface area (Å²) in [6.07, 6.45) is 3.22. The number of nitrogens with one attached hydrogen (secondary N) is 1. The lowest BCUT2D eigenvalue weighted by atomic mass is 9.82. The van der Waals surface area contributed by atoms with Gasteiger partial charge in [0, 0.05) is 13.0 Å². The summed E-state index contributed by atoms with van der Waals surface area (Å²) < 4.78 is 29.4. The maximum atomic E-state index is 12.1. The van der Waals surface area contributed by atoms with Gasteiger partial charge in [-0.25, -0.2) is 0 Å². The predicted molar refractivity (Wildman–Crippen MR) is 83.8 cm³/mol. The molecule has 1 aromatic rings. The molecular formula is C16H23NO4S. The summed E-state index contributed by atoms with van der Waals surface area (Å²) in [5.41, 5.74) is 1.01. The average molecular weight is 325 g/mol. The minimum atomic E-state index is -3.69. The van der Waals surface area contributed by atoms with Crippen LogP contribution in [0.1, 0.15) is 31.2 Å². The van der Waals surface area contributed by atoms with E-state index in [0.29, 0.717) is 0 Å². The summed E-state index contributed by atoms with van der Waals surface area (Å²) in [5.74, 6) is 0.322. The average Bonchev–Trinajstić information content (AvgIpc) is 2.53. The first-order valence-corrected chi connectivity index (χ1v) is 9.01. The Morgan fingerprint density at radius 1 is 1.18 bits per heavy atom. The summed E-state index contributed by atoms with van der Waals surface area (Å²) in [6, 6.07) is 6.63. The Kier molecular flexibility index (Phi) is 5.58. The molecule has 1 amide bonds. The van der Waals surface area contributed by atoms with Crippen LogP contribution in [0.25, 0.3) is 0 Å². The molecule has 1 saturated carbocycles. The Bertz CT molecular complexity index is 602. The molecule has 0 atom stereocenters. The van der Waals surface area contributed by atoms with E-state index in [4.69, 9.17) is 4.18 Å². The predicted octanol–water partition coefficient (Wildman–Crippen LogP) is 2.25. The first kappa shape index (κ1) is 17.0. The third-order valence-corrected chi connectivity index (χ3v) is 5.53. The molecule has 6 heteroatoms. The van der Waals surface area contributed by atoms with Gasteiger partial charge >= 0.3 is 0 Å². The molecule has 5 nitrogen and oxygen atoms in total. The second-order valence-electron chi connectivity index (χ2n) is 5.88. The lowest BCUT2D eigenvalue weighted by molar-refractivity contribution is -0.125. The second kappa shape index (κ2) is 7.24. The summed E-state index contributed by atoms with van der Waals surface area (Å²) in [6.45, 7) is 2.10. The van der Waals surface area contributed by atoms with Gasteiger partial charge in [-0.3, -0.25) is 8.98 Å². The van der Waals surface area contributed by atoms with Gasteiger partial charge in [0.2, 0.25) is 5.91 Å². The molecule has 0 saturated heterocycles. The highest BCUT2D eigenvalue weighted by molar-refractivity contribution is 7.86. The van der Waals surface area contributed by atoms with Gasteiger partial charge in [0.25, 0.3) is 10.1 Å². The minimum Gasteiger partial charge on any atom is -0.359 e. The van der Waals surface area contributed by atoms with Crippen LogP contribution in [-0.4, -0.2) is 28.0 Å². The van der Waals surface area contributed by atoms with Gasteiger partial charge in [-0.15, -0.1) is 0 Å². The molecule has 2 rings (SSSR count). The molecule has 0 unspecified atom stereocenters. The molecule has 0 radical (unpaired) electrons. The zero-order valence-corrected chi connectivity index (χ0v) is 13.9. The molecule has 0 heterocycles. The van der Waals surface area contributed by atoms with Crippen LogP contribution in [-0.2, 0) is 19.1 Å². The van der Waals surface area contributed by atoms with E-state index in [1.165, 1.54) is 0 Å². The Hall–Kier alpha value is -1.40. The molecule has 1 aliphatic rings. The van der Waals surface area contributed by atoms with Crippen LogP contribution in [0.15, 0.2) is 29.2 Å². The third kappa shape index (κ3) is 4.30. The van der Waals surface area contributed by atoms with E-state index in [9.17, 15) is 13.2 Å². The first-order chi connectivity index (χ1) is 10.4. The van der Waals surface area contributed by atoms with E-state index in [2.05, 4.69) is 5.32 Å². The topological polar surface area (TPSA) is 72.5 Å². The van der Waals surface area contributed by atoms with Gasteiger partial charge < -0.3 is 5.32 Å². The zero-order valence-electron chi connectivity index (χ0n) is 13.0. The summed E-state index contributed by atoms with van der Waals surface area (Å²) >= 11 is 0. The zero-order chi connectivity index (χ0) is 16.2. The van der Waals surface area contributed by atoms with Crippen LogP contribution in [0, 0.1) is 18.8 Å². The molecule has 122 valence electrons. The molecule has 1 aromatic carbocycles. The van der Waals surface area contributed by atoms with Crippen molar-refractivity contribution in [1.82, 2.24) is 5.32 Å². The fourth-order valence-corrected chi connectivity index (χ4v) is 3.73. The van der Waals surface area contributed by atoms with E-state index in [1.807, 2.05) is 6.92 Å². The van der Waals surface area contributed by atoms with E-state index in [1.54, 1.807) is 31.3 Å². The summed E-state index contributed by atoms with van der Waals surface area (Å²) in [5, 5.41) is 2.67. The first-order valence-electron chi connectivity index (χ1n) is 7.60.